The molecule has 2 aromatic carbocycles. The van der Waals surface area contributed by atoms with Crippen molar-refractivity contribution in [3.05, 3.63) is 73.1 Å². The van der Waals surface area contributed by atoms with Crippen LogP contribution < -0.4 is 21.1 Å². The van der Waals surface area contributed by atoms with Gasteiger partial charge in [-0.2, -0.15) is 5.26 Å². The predicted molar refractivity (Wildman–Crippen MR) is 126 cm³/mol. The van der Waals surface area contributed by atoms with Crippen LogP contribution in [0.15, 0.2) is 73.1 Å². The Hall–Kier alpha value is -4.38. The summed E-state index contributed by atoms with van der Waals surface area (Å²) in [6.45, 7) is 4.12. The third-order valence-corrected chi connectivity index (χ3v) is 5.54. The van der Waals surface area contributed by atoms with Gasteiger partial charge < -0.3 is 21.1 Å². The summed E-state index contributed by atoms with van der Waals surface area (Å²) in [5, 5.41) is 14.9. The third kappa shape index (κ3) is 5.28. The van der Waals surface area contributed by atoms with E-state index in [1.165, 1.54) is 6.33 Å². The lowest BCUT2D eigenvalue weighted by atomic mass is 9.80. The summed E-state index contributed by atoms with van der Waals surface area (Å²) in [5.41, 5.74) is 7.72. The highest BCUT2D eigenvalue weighted by Crippen LogP contribution is 2.34. The number of hydrogen-bond acceptors (Lipinski definition) is 7. The zero-order chi connectivity index (χ0) is 23.2. The average molecular weight is 441 g/mol. The first-order valence-corrected chi connectivity index (χ1v) is 10.6. The SMILES string of the molecule is C=C(C#N)C(=O)NC1CC(CNc2ncnc(N)c2-c2ccc(Oc3ccccc3)cc2)C1. The largest absolute Gasteiger partial charge is 0.457 e. The number of rotatable bonds is 8. The standard InChI is InChI=1S/C25H24N6O2/c1-16(13-26)25(32)31-19-11-17(12-19)14-28-24-22(23(27)29-15-30-24)18-7-9-21(10-8-18)33-20-5-3-2-4-6-20/h2-10,15,17,19H,1,11-12,14H2,(H,31,32)(H3,27,28,29,30). The fourth-order valence-electron chi connectivity index (χ4n) is 3.72. The summed E-state index contributed by atoms with van der Waals surface area (Å²) >= 11 is 0. The number of carbonyl (C=O) groups excluding carboxylic acids is 1. The molecule has 1 amide bonds. The lowest BCUT2D eigenvalue weighted by Gasteiger charge is -2.36. The van der Waals surface area contributed by atoms with Gasteiger partial charge in [-0.05, 0) is 48.6 Å². The molecule has 0 spiro atoms. The van der Waals surface area contributed by atoms with Gasteiger partial charge in [0.05, 0.1) is 5.56 Å². The van der Waals surface area contributed by atoms with Gasteiger partial charge in [-0.3, -0.25) is 4.79 Å². The molecule has 1 fully saturated rings. The molecule has 33 heavy (non-hydrogen) atoms. The van der Waals surface area contributed by atoms with Crippen LogP contribution in [0, 0.1) is 17.2 Å². The number of nitrogens with two attached hydrogens (primary N) is 1. The molecule has 1 aliphatic rings. The lowest BCUT2D eigenvalue weighted by molar-refractivity contribution is -0.118. The van der Waals surface area contributed by atoms with E-state index >= 15 is 0 Å². The van der Waals surface area contributed by atoms with Crippen LogP contribution in [0.25, 0.3) is 11.1 Å². The van der Waals surface area contributed by atoms with Crippen molar-refractivity contribution in [1.29, 1.82) is 5.26 Å². The first-order valence-electron chi connectivity index (χ1n) is 10.6. The minimum absolute atomic E-state index is 0.0569. The maximum atomic E-state index is 11.7. The molecule has 1 saturated carbocycles. The summed E-state index contributed by atoms with van der Waals surface area (Å²) in [6, 6.07) is 19.0. The summed E-state index contributed by atoms with van der Waals surface area (Å²) in [5.74, 6) is 2.50. The van der Waals surface area contributed by atoms with E-state index in [0.29, 0.717) is 24.1 Å². The molecule has 0 atom stereocenters. The Bertz CT molecular complexity index is 1180. The Labute approximate surface area is 192 Å². The Balaban J connectivity index is 1.38. The van der Waals surface area contributed by atoms with E-state index in [2.05, 4.69) is 27.2 Å². The fraction of sp³-hybridized carbons (Fsp3) is 0.200. The number of carbonyl (C=O) groups is 1. The molecule has 0 aliphatic heterocycles. The number of benzene rings is 2. The molecule has 0 unspecified atom stereocenters. The average Bonchev–Trinajstić information content (AvgIpc) is 2.81. The maximum Gasteiger partial charge on any atom is 0.261 e. The number of anilines is 2. The molecule has 0 bridgehead atoms. The van der Waals surface area contributed by atoms with Crippen molar-refractivity contribution in [1.82, 2.24) is 15.3 Å². The van der Waals surface area contributed by atoms with E-state index in [4.69, 9.17) is 15.7 Å². The summed E-state index contributed by atoms with van der Waals surface area (Å²) in [4.78, 5) is 20.3. The molecular weight excluding hydrogens is 416 g/mol. The van der Waals surface area contributed by atoms with Gasteiger partial charge in [-0.15, -0.1) is 0 Å². The number of ether oxygens (including phenoxy) is 1. The number of nitrogen functional groups attached to an aromatic ring is 1. The van der Waals surface area contributed by atoms with Gasteiger partial charge in [0.1, 0.15) is 41.1 Å². The smallest absolute Gasteiger partial charge is 0.261 e. The third-order valence-electron chi connectivity index (χ3n) is 5.54. The van der Waals surface area contributed by atoms with E-state index < -0.39 is 5.91 Å². The summed E-state index contributed by atoms with van der Waals surface area (Å²) in [6.07, 6.45) is 3.07. The highest BCUT2D eigenvalue weighted by molar-refractivity contribution is 5.96. The zero-order valence-electron chi connectivity index (χ0n) is 18.0. The molecule has 0 radical (unpaired) electrons. The van der Waals surface area contributed by atoms with Gasteiger partial charge in [-0.25, -0.2) is 9.97 Å². The summed E-state index contributed by atoms with van der Waals surface area (Å²) < 4.78 is 5.86. The van der Waals surface area contributed by atoms with Crippen LogP contribution in [0.3, 0.4) is 0 Å². The maximum absolute atomic E-state index is 11.7. The fourth-order valence-corrected chi connectivity index (χ4v) is 3.72. The number of nitrogens with zero attached hydrogens (tertiary/aromatic N) is 3. The number of aromatic nitrogens is 2. The second kappa shape index (κ2) is 9.83. The molecule has 1 aromatic heterocycles. The minimum Gasteiger partial charge on any atom is -0.457 e. The van der Waals surface area contributed by atoms with Gasteiger partial charge in [0, 0.05) is 12.6 Å². The molecule has 3 aromatic rings. The second-order valence-electron chi connectivity index (χ2n) is 7.90. The molecule has 4 rings (SSSR count). The molecular formula is C25H24N6O2. The van der Waals surface area contributed by atoms with Crippen molar-refractivity contribution in [2.75, 3.05) is 17.6 Å². The van der Waals surface area contributed by atoms with Gasteiger partial charge in [0.2, 0.25) is 0 Å². The van der Waals surface area contributed by atoms with Crippen molar-refractivity contribution in [3.8, 4) is 28.7 Å². The van der Waals surface area contributed by atoms with E-state index in [1.54, 1.807) is 6.07 Å². The van der Waals surface area contributed by atoms with Crippen LogP contribution in [0.2, 0.25) is 0 Å². The first kappa shape index (κ1) is 21.8. The van der Waals surface area contributed by atoms with Crippen molar-refractivity contribution in [3.63, 3.8) is 0 Å². The summed E-state index contributed by atoms with van der Waals surface area (Å²) in [7, 11) is 0. The molecule has 1 heterocycles. The second-order valence-corrected chi connectivity index (χ2v) is 7.90. The molecule has 8 nitrogen and oxygen atoms in total. The van der Waals surface area contributed by atoms with Gasteiger partial charge >= 0.3 is 0 Å². The van der Waals surface area contributed by atoms with E-state index in [0.717, 1.165) is 35.5 Å². The van der Waals surface area contributed by atoms with Crippen LogP contribution in [0.5, 0.6) is 11.5 Å². The van der Waals surface area contributed by atoms with Crippen molar-refractivity contribution in [2.24, 2.45) is 5.92 Å². The Morgan fingerprint density at radius 3 is 2.52 bits per heavy atom. The number of para-hydroxylation sites is 1. The Morgan fingerprint density at radius 2 is 1.82 bits per heavy atom. The monoisotopic (exact) mass is 440 g/mol. The first-order chi connectivity index (χ1) is 16.0. The number of hydrogen-bond donors (Lipinski definition) is 3. The van der Waals surface area contributed by atoms with Crippen LogP contribution in [-0.2, 0) is 4.79 Å². The van der Waals surface area contributed by atoms with E-state index in [9.17, 15) is 4.79 Å². The topological polar surface area (TPSA) is 126 Å². The van der Waals surface area contributed by atoms with Crippen LogP contribution >= 0.6 is 0 Å². The molecule has 8 heteroatoms. The molecule has 1 aliphatic carbocycles. The van der Waals surface area contributed by atoms with Gasteiger partial charge in [0.15, 0.2) is 0 Å². The van der Waals surface area contributed by atoms with Crippen molar-refractivity contribution in [2.45, 2.75) is 18.9 Å². The van der Waals surface area contributed by atoms with Gasteiger partial charge in [-0.1, -0.05) is 36.9 Å². The molecule has 4 N–H and O–H groups in total. The lowest BCUT2D eigenvalue weighted by Crippen LogP contribution is -2.46. The van der Waals surface area contributed by atoms with E-state index in [-0.39, 0.29) is 11.6 Å². The highest BCUT2D eigenvalue weighted by Gasteiger charge is 2.30. The zero-order valence-corrected chi connectivity index (χ0v) is 18.0. The Kier molecular flexibility index (Phi) is 6.51. The molecule has 166 valence electrons. The normalized spacial score (nSPS) is 16.7. The van der Waals surface area contributed by atoms with Crippen LogP contribution in [0.1, 0.15) is 12.8 Å². The predicted octanol–water partition coefficient (Wildman–Crippen LogP) is 3.90. The Morgan fingerprint density at radius 1 is 1.12 bits per heavy atom. The van der Waals surface area contributed by atoms with Crippen LogP contribution in [-0.4, -0.2) is 28.5 Å². The van der Waals surface area contributed by atoms with Crippen molar-refractivity contribution < 1.29 is 9.53 Å². The number of nitrogens with one attached hydrogen (secondary N) is 2. The van der Waals surface area contributed by atoms with Crippen molar-refractivity contribution >= 4 is 17.5 Å². The minimum atomic E-state index is -0.403. The number of amides is 1. The van der Waals surface area contributed by atoms with Crippen LogP contribution in [0.4, 0.5) is 11.6 Å². The number of nitriles is 1. The van der Waals surface area contributed by atoms with Gasteiger partial charge in [0.25, 0.3) is 5.91 Å². The van der Waals surface area contributed by atoms with E-state index in [1.807, 2.05) is 54.6 Å². The highest BCUT2D eigenvalue weighted by atomic mass is 16.5. The quantitative estimate of drug-likeness (QED) is 0.358. The molecule has 0 saturated heterocycles.